The molecule has 0 radical (unpaired) electrons. The van der Waals surface area contributed by atoms with E-state index in [1.807, 2.05) is 0 Å². The molecule has 0 saturated heterocycles. The third-order valence-corrected chi connectivity index (χ3v) is 1.15. The van der Waals surface area contributed by atoms with Gasteiger partial charge in [-0.05, 0) is 6.92 Å². The van der Waals surface area contributed by atoms with E-state index >= 15 is 0 Å². The van der Waals surface area contributed by atoms with Crippen LogP contribution in [0.5, 0.6) is 0 Å². The van der Waals surface area contributed by atoms with Gasteiger partial charge in [0.25, 0.3) is 0 Å². The Hall–Kier alpha value is -0.900. The fraction of sp³-hybridized carbons (Fsp3) is 0.714. The number of hydrogen-bond acceptors (Lipinski definition) is 3. The van der Waals surface area contributed by atoms with Crippen molar-refractivity contribution in [3.8, 4) is 0 Å². The van der Waals surface area contributed by atoms with Gasteiger partial charge in [0.15, 0.2) is 0 Å². The van der Waals surface area contributed by atoms with Crippen molar-refractivity contribution in [3.05, 3.63) is 0 Å². The van der Waals surface area contributed by atoms with E-state index in [1.165, 1.54) is 7.05 Å². The predicted octanol–water partition coefficient (Wildman–Crippen LogP) is 0.375. The molecule has 0 aromatic heterocycles. The quantitative estimate of drug-likeness (QED) is 0.430. The summed E-state index contributed by atoms with van der Waals surface area (Å²) in [6.45, 7) is 2.26. The first-order valence-corrected chi connectivity index (χ1v) is 3.55. The summed E-state index contributed by atoms with van der Waals surface area (Å²) in [6, 6.07) is 0. The molecule has 0 aliphatic carbocycles. The van der Waals surface area contributed by atoms with E-state index in [-0.39, 0.29) is 18.7 Å². The molecule has 1 amide bonds. The standard InChI is InChI=1S/C7H13NO3/c1-3-11-8(2)7(10)5-4-6-9/h6H,3-5H2,1-2H3. The van der Waals surface area contributed by atoms with E-state index in [1.54, 1.807) is 6.92 Å². The zero-order valence-corrected chi connectivity index (χ0v) is 6.87. The van der Waals surface area contributed by atoms with Crippen molar-refractivity contribution in [3.63, 3.8) is 0 Å². The summed E-state index contributed by atoms with van der Waals surface area (Å²) in [7, 11) is 1.54. The number of aldehydes is 1. The minimum atomic E-state index is -0.168. The molecule has 0 aromatic carbocycles. The molecule has 11 heavy (non-hydrogen) atoms. The van der Waals surface area contributed by atoms with Crippen molar-refractivity contribution in [2.45, 2.75) is 19.8 Å². The van der Waals surface area contributed by atoms with Gasteiger partial charge in [0.2, 0.25) is 5.91 Å². The fourth-order valence-corrected chi connectivity index (χ4v) is 0.605. The minimum absolute atomic E-state index is 0.168. The van der Waals surface area contributed by atoms with E-state index < -0.39 is 0 Å². The van der Waals surface area contributed by atoms with Gasteiger partial charge in [-0.1, -0.05) is 0 Å². The maximum Gasteiger partial charge on any atom is 0.246 e. The van der Waals surface area contributed by atoms with Crippen molar-refractivity contribution in [2.24, 2.45) is 0 Å². The average molecular weight is 159 g/mol. The highest BCUT2D eigenvalue weighted by Crippen LogP contribution is 1.93. The molecule has 0 fully saturated rings. The Bertz CT molecular complexity index is 136. The highest BCUT2D eigenvalue weighted by atomic mass is 16.7. The molecule has 0 heterocycles. The van der Waals surface area contributed by atoms with Gasteiger partial charge in [-0.15, -0.1) is 0 Å². The van der Waals surface area contributed by atoms with Crippen LogP contribution in [0, 0.1) is 0 Å². The van der Waals surface area contributed by atoms with E-state index in [2.05, 4.69) is 0 Å². The van der Waals surface area contributed by atoms with Crippen LogP contribution in [0.25, 0.3) is 0 Å². The molecule has 0 N–H and O–H groups in total. The number of hydrogen-bond donors (Lipinski definition) is 0. The Labute approximate surface area is 66.1 Å². The smallest absolute Gasteiger partial charge is 0.246 e. The molecule has 4 heteroatoms. The summed E-state index contributed by atoms with van der Waals surface area (Å²) in [5.74, 6) is -0.168. The number of nitrogens with zero attached hydrogens (tertiary/aromatic N) is 1. The highest BCUT2D eigenvalue weighted by Gasteiger charge is 2.06. The maximum absolute atomic E-state index is 10.9. The lowest BCUT2D eigenvalue weighted by Gasteiger charge is -2.14. The van der Waals surface area contributed by atoms with Crippen molar-refractivity contribution >= 4 is 12.2 Å². The zero-order valence-electron chi connectivity index (χ0n) is 6.87. The van der Waals surface area contributed by atoms with E-state index in [4.69, 9.17) is 4.84 Å². The molecule has 0 aliphatic heterocycles. The topological polar surface area (TPSA) is 46.6 Å². The zero-order chi connectivity index (χ0) is 8.69. The van der Waals surface area contributed by atoms with Gasteiger partial charge < -0.3 is 4.79 Å². The molecule has 4 nitrogen and oxygen atoms in total. The Morgan fingerprint density at radius 2 is 2.27 bits per heavy atom. The first-order chi connectivity index (χ1) is 5.22. The number of hydroxylamine groups is 2. The van der Waals surface area contributed by atoms with Crippen LogP contribution >= 0.6 is 0 Å². The summed E-state index contributed by atoms with van der Waals surface area (Å²) in [5, 5.41) is 1.16. The van der Waals surface area contributed by atoms with Gasteiger partial charge in [0.1, 0.15) is 6.29 Å². The Morgan fingerprint density at radius 3 is 2.73 bits per heavy atom. The SMILES string of the molecule is CCON(C)C(=O)CCC=O. The van der Waals surface area contributed by atoms with Crippen molar-refractivity contribution in [2.75, 3.05) is 13.7 Å². The van der Waals surface area contributed by atoms with Gasteiger partial charge in [-0.2, -0.15) is 0 Å². The fourth-order valence-electron chi connectivity index (χ4n) is 0.605. The lowest BCUT2D eigenvalue weighted by Crippen LogP contribution is -2.26. The van der Waals surface area contributed by atoms with Gasteiger partial charge in [-0.25, -0.2) is 5.06 Å². The van der Waals surface area contributed by atoms with Crippen LogP contribution in [0.2, 0.25) is 0 Å². The van der Waals surface area contributed by atoms with Crippen LogP contribution in [-0.4, -0.2) is 30.9 Å². The first-order valence-electron chi connectivity index (χ1n) is 3.55. The van der Waals surface area contributed by atoms with Crippen LogP contribution in [-0.2, 0) is 14.4 Å². The van der Waals surface area contributed by atoms with Crippen LogP contribution < -0.4 is 0 Å². The van der Waals surface area contributed by atoms with Gasteiger partial charge in [0, 0.05) is 19.9 Å². The van der Waals surface area contributed by atoms with Crippen LogP contribution in [0.15, 0.2) is 0 Å². The maximum atomic E-state index is 10.9. The molecule has 0 unspecified atom stereocenters. The van der Waals surface area contributed by atoms with Crippen molar-refractivity contribution < 1.29 is 14.4 Å². The molecular weight excluding hydrogens is 146 g/mol. The van der Waals surface area contributed by atoms with Crippen LogP contribution in [0.3, 0.4) is 0 Å². The monoisotopic (exact) mass is 159 g/mol. The Morgan fingerprint density at radius 1 is 1.64 bits per heavy atom. The molecule has 64 valence electrons. The van der Waals surface area contributed by atoms with Gasteiger partial charge in [-0.3, -0.25) is 9.63 Å². The largest absolute Gasteiger partial charge is 0.303 e. The van der Waals surface area contributed by atoms with E-state index in [9.17, 15) is 9.59 Å². The second-order valence-electron chi connectivity index (χ2n) is 2.01. The van der Waals surface area contributed by atoms with E-state index in [0.717, 1.165) is 11.3 Å². The normalized spacial score (nSPS) is 9.27. The number of amides is 1. The highest BCUT2D eigenvalue weighted by molar-refractivity contribution is 5.77. The molecule has 0 saturated carbocycles. The first kappa shape index (κ1) is 10.1. The average Bonchev–Trinajstić information content (AvgIpc) is 2.00. The molecule has 0 bridgehead atoms. The third-order valence-electron chi connectivity index (χ3n) is 1.15. The minimum Gasteiger partial charge on any atom is -0.303 e. The third kappa shape index (κ3) is 4.50. The number of carbonyl (C=O) groups excluding carboxylic acids is 2. The Kier molecular flexibility index (Phi) is 5.37. The molecule has 0 aliphatic rings. The van der Waals surface area contributed by atoms with E-state index in [0.29, 0.717) is 6.61 Å². The predicted molar refractivity (Wildman–Crippen MR) is 39.7 cm³/mol. The molecule has 0 atom stereocenters. The molecular formula is C7H13NO3. The summed E-state index contributed by atoms with van der Waals surface area (Å²) < 4.78 is 0. The Balaban J connectivity index is 3.54. The second kappa shape index (κ2) is 5.85. The summed E-state index contributed by atoms with van der Waals surface area (Å²) in [4.78, 5) is 25.7. The summed E-state index contributed by atoms with van der Waals surface area (Å²) >= 11 is 0. The van der Waals surface area contributed by atoms with Crippen molar-refractivity contribution in [1.29, 1.82) is 0 Å². The lowest BCUT2D eigenvalue weighted by atomic mass is 10.3. The number of carbonyl (C=O) groups is 2. The second-order valence-corrected chi connectivity index (χ2v) is 2.01. The summed E-state index contributed by atoms with van der Waals surface area (Å²) in [5.41, 5.74) is 0. The van der Waals surface area contributed by atoms with Gasteiger partial charge in [0.05, 0.1) is 6.61 Å². The lowest BCUT2D eigenvalue weighted by molar-refractivity contribution is -0.176. The van der Waals surface area contributed by atoms with Gasteiger partial charge >= 0.3 is 0 Å². The molecule has 0 spiro atoms. The van der Waals surface area contributed by atoms with Crippen LogP contribution in [0.4, 0.5) is 0 Å². The molecule has 0 rings (SSSR count). The van der Waals surface area contributed by atoms with Crippen molar-refractivity contribution in [1.82, 2.24) is 5.06 Å². The summed E-state index contributed by atoms with van der Waals surface area (Å²) in [6.07, 6.45) is 1.20. The molecule has 0 aromatic rings. The number of rotatable bonds is 5. The van der Waals surface area contributed by atoms with Crippen LogP contribution in [0.1, 0.15) is 19.8 Å².